The summed E-state index contributed by atoms with van der Waals surface area (Å²) in [6, 6.07) is 23.3. The number of fused-ring (bicyclic) bond motifs is 3. The van der Waals surface area contributed by atoms with Crippen molar-refractivity contribution in [1.29, 1.82) is 0 Å². The summed E-state index contributed by atoms with van der Waals surface area (Å²) < 4.78 is 8.07. The summed E-state index contributed by atoms with van der Waals surface area (Å²) >= 11 is 6.97. The van der Waals surface area contributed by atoms with Gasteiger partial charge in [0.1, 0.15) is 5.75 Å². The molecule has 0 unspecified atom stereocenters. The molecule has 0 aliphatic carbocycles. The molecule has 0 spiro atoms. The van der Waals surface area contributed by atoms with Crippen LogP contribution < -0.4 is 4.74 Å². The summed E-state index contributed by atoms with van der Waals surface area (Å²) in [5.74, 6) is 0.628. The molecule has 0 saturated carbocycles. The number of hydrogen-bond acceptors (Lipinski definition) is 4. The molecule has 0 aromatic heterocycles. The number of hydrogen-bond donors (Lipinski definition) is 0. The molecule has 2 atom stereocenters. The van der Waals surface area contributed by atoms with Crippen LogP contribution >= 0.6 is 31.9 Å². The number of halogens is 2. The normalized spacial score (nSPS) is 19.8. The van der Waals surface area contributed by atoms with E-state index in [2.05, 4.69) is 37.9 Å². The maximum atomic E-state index is 13.3. The van der Waals surface area contributed by atoms with Gasteiger partial charge in [0.15, 0.2) is 0 Å². The number of ether oxygens (including phenoxy) is 1. The number of rotatable bonds is 3. The van der Waals surface area contributed by atoms with Crippen LogP contribution in [0.1, 0.15) is 33.9 Å². The zero-order chi connectivity index (χ0) is 20.0. The van der Waals surface area contributed by atoms with Crippen LogP contribution in [-0.2, 0) is 0 Å². The van der Waals surface area contributed by atoms with E-state index in [9.17, 15) is 4.79 Å². The maximum Gasteiger partial charge on any atom is 0.251 e. The second-order valence-electron chi connectivity index (χ2n) is 7.04. The molecule has 0 amide bonds. The van der Waals surface area contributed by atoms with Crippen molar-refractivity contribution in [1.82, 2.24) is 5.01 Å². The van der Waals surface area contributed by atoms with Crippen molar-refractivity contribution in [2.24, 2.45) is 5.10 Å². The minimum atomic E-state index is -0.795. The largest absolute Gasteiger partial charge is 0.461 e. The van der Waals surface area contributed by atoms with Crippen molar-refractivity contribution in [2.45, 2.75) is 18.7 Å². The highest BCUT2D eigenvalue weighted by Crippen LogP contribution is 2.44. The number of ketones is 1. The summed E-state index contributed by atoms with van der Waals surface area (Å²) in [6.45, 7) is 0. The molecule has 144 valence electrons. The van der Waals surface area contributed by atoms with Gasteiger partial charge in [-0.3, -0.25) is 4.79 Å². The molecular weight excluding hydrogens is 496 g/mol. The minimum absolute atomic E-state index is 0.0455. The quantitative estimate of drug-likeness (QED) is 0.407. The van der Waals surface area contributed by atoms with E-state index in [1.165, 1.54) is 0 Å². The molecule has 0 bridgehead atoms. The van der Waals surface area contributed by atoms with Crippen LogP contribution in [0.5, 0.6) is 5.75 Å². The Balaban J connectivity index is 1.57. The third-order valence-electron chi connectivity index (χ3n) is 5.21. The van der Waals surface area contributed by atoms with Crippen molar-refractivity contribution in [3.8, 4) is 5.75 Å². The predicted molar refractivity (Wildman–Crippen MR) is 119 cm³/mol. The van der Waals surface area contributed by atoms with Crippen molar-refractivity contribution in [3.63, 3.8) is 0 Å². The lowest BCUT2D eigenvalue weighted by atomic mass is 9.96. The standard InChI is InChI=1S/C23H16Br2N2O2/c24-16-8-6-15(7-9-16)22(28)23-27-20(18-12-17(25)10-11-21(18)29-23)13-19(26-27)14-4-2-1-3-5-14/h1-12,20,23H,13H2/t20-,23-/m1/s1. The van der Waals surface area contributed by atoms with Gasteiger partial charge in [-0.2, -0.15) is 5.10 Å². The van der Waals surface area contributed by atoms with Crippen LogP contribution in [0, 0.1) is 0 Å². The average molecular weight is 512 g/mol. The van der Waals surface area contributed by atoms with E-state index >= 15 is 0 Å². The number of carbonyl (C=O) groups excluding carboxylic acids is 1. The second-order valence-corrected chi connectivity index (χ2v) is 8.87. The van der Waals surface area contributed by atoms with Gasteiger partial charge in [-0.25, -0.2) is 5.01 Å². The van der Waals surface area contributed by atoms with Gasteiger partial charge >= 0.3 is 0 Å². The monoisotopic (exact) mass is 510 g/mol. The van der Waals surface area contributed by atoms with Gasteiger partial charge in [0.25, 0.3) is 6.23 Å². The highest BCUT2D eigenvalue weighted by Gasteiger charge is 2.43. The highest BCUT2D eigenvalue weighted by molar-refractivity contribution is 9.10. The van der Waals surface area contributed by atoms with E-state index in [1.807, 2.05) is 59.6 Å². The fourth-order valence-electron chi connectivity index (χ4n) is 3.79. The summed E-state index contributed by atoms with van der Waals surface area (Å²) in [4.78, 5) is 13.3. The zero-order valence-corrected chi connectivity index (χ0v) is 18.4. The van der Waals surface area contributed by atoms with E-state index in [0.29, 0.717) is 5.56 Å². The predicted octanol–water partition coefficient (Wildman–Crippen LogP) is 5.96. The summed E-state index contributed by atoms with van der Waals surface area (Å²) in [6.07, 6.45) is -0.0722. The first-order valence-electron chi connectivity index (χ1n) is 9.27. The summed E-state index contributed by atoms with van der Waals surface area (Å²) in [5, 5.41) is 6.65. The molecule has 3 aromatic rings. The van der Waals surface area contributed by atoms with E-state index in [4.69, 9.17) is 9.84 Å². The average Bonchev–Trinajstić information content (AvgIpc) is 3.20. The van der Waals surface area contributed by atoms with Crippen LogP contribution in [0.2, 0.25) is 0 Å². The molecule has 4 nitrogen and oxygen atoms in total. The van der Waals surface area contributed by atoms with Gasteiger partial charge in [0, 0.05) is 26.5 Å². The molecule has 29 heavy (non-hydrogen) atoms. The molecule has 3 aromatic carbocycles. The first kappa shape index (κ1) is 18.6. The molecule has 5 rings (SSSR count). The van der Waals surface area contributed by atoms with Crippen LogP contribution in [0.25, 0.3) is 0 Å². The second kappa shape index (κ2) is 7.43. The lowest BCUT2D eigenvalue weighted by Gasteiger charge is -2.37. The molecule has 2 aliphatic heterocycles. The Kier molecular flexibility index (Phi) is 4.76. The Bertz CT molecular complexity index is 1110. The van der Waals surface area contributed by atoms with Crippen molar-refractivity contribution >= 4 is 43.4 Å². The Morgan fingerprint density at radius 2 is 1.69 bits per heavy atom. The molecule has 2 heterocycles. The van der Waals surface area contributed by atoms with Gasteiger partial charge in [0.2, 0.25) is 5.78 Å². The number of Topliss-reactive ketones (excluding diaryl/α,β-unsaturated/α-hetero) is 1. The van der Waals surface area contributed by atoms with Gasteiger partial charge in [-0.1, -0.05) is 74.3 Å². The SMILES string of the molecule is O=C(c1ccc(Br)cc1)[C@H]1Oc2ccc(Br)cc2[C@H]2CC(c3ccccc3)=NN12. The zero-order valence-electron chi connectivity index (χ0n) is 15.3. The van der Waals surface area contributed by atoms with E-state index in [1.54, 1.807) is 12.1 Å². The Morgan fingerprint density at radius 1 is 0.966 bits per heavy atom. The van der Waals surface area contributed by atoms with Crippen molar-refractivity contribution < 1.29 is 9.53 Å². The molecule has 0 radical (unpaired) electrons. The molecule has 0 fully saturated rings. The van der Waals surface area contributed by atoms with Gasteiger partial charge in [-0.05, 0) is 35.9 Å². The molecule has 0 N–H and O–H groups in total. The summed E-state index contributed by atoms with van der Waals surface area (Å²) in [7, 11) is 0. The Hall–Kier alpha value is -2.44. The Labute approximate surface area is 185 Å². The van der Waals surface area contributed by atoms with Crippen LogP contribution in [0.4, 0.5) is 0 Å². The van der Waals surface area contributed by atoms with E-state index in [-0.39, 0.29) is 11.8 Å². The maximum absolute atomic E-state index is 13.3. The van der Waals surface area contributed by atoms with Gasteiger partial charge in [-0.15, -0.1) is 0 Å². The molecule has 2 aliphatic rings. The van der Waals surface area contributed by atoms with E-state index < -0.39 is 6.23 Å². The minimum Gasteiger partial charge on any atom is -0.461 e. The van der Waals surface area contributed by atoms with Crippen LogP contribution in [0.15, 0.2) is 86.8 Å². The molecule has 6 heteroatoms. The van der Waals surface area contributed by atoms with Crippen LogP contribution in [-0.4, -0.2) is 22.7 Å². The fraction of sp³-hybridized carbons (Fsp3) is 0.130. The topological polar surface area (TPSA) is 41.9 Å². The van der Waals surface area contributed by atoms with Gasteiger partial charge < -0.3 is 4.74 Å². The molecular formula is C23H16Br2N2O2. The third kappa shape index (κ3) is 3.40. The Morgan fingerprint density at radius 3 is 2.45 bits per heavy atom. The van der Waals surface area contributed by atoms with Crippen molar-refractivity contribution in [2.75, 3.05) is 0 Å². The van der Waals surface area contributed by atoms with Crippen LogP contribution in [0.3, 0.4) is 0 Å². The third-order valence-corrected chi connectivity index (χ3v) is 6.23. The lowest BCUT2D eigenvalue weighted by Crippen LogP contribution is -2.45. The fourth-order valence-corrected chi connectivity index (χ4v) is 4.44. The highest BCUT2D eigenvalue weighted by atomic mass is 79.9. The number of carbonyl (C=O) groups is 1. The first-order valence-corrected chi connectivity index (χ1v) is 10.9. The first-order chi connectivity index (χ1) is 14.1. The lowest BCUT2D eigenvalue weighted by molar-refractivity contribution is -0.00459. The van der Waals surface area contributed by atoms with Crippen molar-refractivity contribution in [3.05, 3.63) is 98.4 Å². The van der Waals surface area contributed by atoms with Gasteiger partial charge in [0.05, 0.1) is 11.8 Å². The van der Waals surface area contributed by atoms with E-state index in [0.717, 1.165) is 38.0 Å². The molecule has 0 saturated heterocycles. The summed E-state index contributed by atoms with van der Waals surface area (Å²) in [5.41, 5.74) is 3.66. The number of benzene rings is 3. The number of nitrogens with zero attached hydrogens (tertiary/aromatic N) is 2. The smallest absolute Gasteiger partial charge is 0.251 e. The number of hydrazone groups is 1.